The van der Waals surface area contributed by atoms with Crippen molar-refractivity contribution in [3.8, 4) is 0 Å². The van der Waals surface area contributed by atoms with Gasteiger partial charge in [-0.1, -0.05) is 60.6 Å². The maximum atomic E-state index is 7.11. The first-order valence-corrected chi connectivity index (χ1v) is 13.5. The van der Waals surface area contributed by atoms with Gasteiger partial charge in [0.15, 0.2) is 0 Å². The van der Waals surface area contributed by atoms with Gasteiger partial charge in [0.25, 0.3) is 8.53 Å². The molecule has 6 heteroatoms. The van der Waals surface area contributed by atoms with Gasteiger partial charge >= 0.3 is 0 Å². The van der Waals surface area contributed by atoms with Gasteiger partial charge in [0.2, 0.25) is 0 Å². The minimum Gasteiger partial charge on any atom is -0.325 e. The zero-order chi connectivity index (χ0) is 19.6. The van der Waals surface area contributed by atoms with Gasteiger partial charge in [-0.15, -0.1) is 0 Å². The molecule has 0 aliphatic heterocycles. The molecule has 3 nitrogen and oxygen atoms in total. The molecule has 0 spiro atoms. The smallest absolute Gasteiger partial charge is 0.258 e. The number of hydrogen-bond acceptors (Lipinski definition) is 5. The van der Waals surface area contributed by atoms with E-state index in [-0.39, 0.29) is 0 Å². The molecular weight excluding hydrogens is 369 g/mol. The Hall–Kier alpha value is 1.01. The highest BCUT2D eigenvalue weighted by Gasteiger charge is 2.25. The molecule has 25 heavy (non-hydrogen) atoms. The van der Waals surface area contributed by atoms with Crippen LogP contribution in [0.4, 0.5) is 0 Å². The Labute approximate surface area is 168 Å². The molecule has 0 aromatic rings. The largest absolute Gasteiger partial charge is 0.325 e. The Bertz CT molecular complexity index is 295. The highest BCUT2D eigenvalue weighted by Crippen LogP contribution is 2.45. The molecule has 0 rings (SSSR count). The summed E-state index contributed by atoms with van der Waals surface area (Å²) >= 11 is 0. The van der Waals surface area contributed by atoms with Crippen LogP contribution in [0.15, 0.2) is 0 Å². The van der Waals surface area contributed by atoms with E-state index in [0.717, 1.165) is 19.4 Å². The van der Waals surface area contributed by atoms with Crippen LogP contribution in [0.5, 0.6) is 0 Å². The lowest BCUT2D eigenvalue weighted by molar-refractivity contribution is 0.192. The fraction of sp³-hybridized carbons (Fsp3) is 1.00. The first-order chi connectivity index (χ1) is 12.5. The molecule has 0 aliphatic rings. The number of unbranched alkanes of at least 4 members (excludes halogenated alkanes) is 6. The van der Waals surface area contributed by atoms with Gasteiger partial charge in [-0.2, -0.15) is 0 Å². The lowest BCUT2D eigenvalue weighted by atomic mass is 10.2. The third kappa shape index (κ3) is 14.7. The maximum absolute atomic E-state index is 7.11. The Balaban J connectivity index is 3.49. The van der Waals surface area contributed by atoms with Crippen LogP contribution in [0.1, 0.15) is 87.3 Å². The van der Waals surface area contributed by atoms with Crippen LogP contribution >= 0.6 is 30.1 Å². The minimum atomic E-state index is -0.926. The topological polar surface area (TPSA) is 21.7 Å². The zero-order valence-corrected chi connectivity index (χ0v) is 19.7. The van der Waals surface area contributed by atoms with Gasteiger partial charge < -0.3 is 9.05 Å². The fourth-order valence-electron chi connectivity index (χ4n) is 2.58. The average molecular weight is 413 g/mol. The summed E-state index contributed by atoms with van der Waals surface area (Å²) in [5.41, 5.74) is 0. The van der Waals surface area contributed by atoms with E-state index in [9.17, 15) is 0 Å². The van der Waals surface area contributed by atoms with Crippen molar-refractivity contribution >= 4 is 30.1 Å². The maximum Gasteiger partial charge on any atom is 0.258 e. The van der Waals surface area contributed by atoms with Crippen LogP contribution < -0.4 is 0 Å². The number of nitrogens with zero attached hydrogens (tertiary/aromatic N) is 1. The lowest BCUT2D eigenvalue weighted by Gasteiger charge is -2.34. The molecule has 0 saturated heterocycles. The summed E-state index contributed by atoms with van der Waals surface area (Å²) in [7, 11) is 4.88. The fourth-order valence-corrected chi connectivity index (χ4v) is 6.34. The molecule has 0 fully saturated rings. The highest BCUT2D eigenvalue weighted by molar-refractivity contribution is 8.76. The van der Waals surface area contributed by atoms with E-state index in [1.165, 1.54) is 50.0 Å². The van der Waals surface area contributed by atoms with Gasteiger partial charge in [0, 0.05) is 32.1 Å². The van der Waals surface area contributed by atoms with Gasteiger partial charge in [-0.05, 0) is 47.0 Å². The van der Waals surface area contributed by atoms with E-state index in [2.05, 4.69) is 32.4 Å². The van der Waals surface area contributed by atoms with Crippen molar-refractivity contribution in [1.82, 2.24) is 4.67 Å². The molecule has 1 unspecified atom stereocenters. The first-order valence-electron chi connectivity index (χ1n) is 10.5. The Kier molecular flexibility index (Phi) is 17.7. The molecule has 0 aliphatic carbocycles. The van der Waals surface area contributed by atoms with Crippen LogP contribution in [-0.2, 0) is 9.05 Å². The third-order valence-corrected chi connectivity index (χ3v) is 8.38. The number of rotatable bonds is 18. The first kappa shape index (κ1) is 24.0. The van der Waals surface area contributed by atoms with Crippen molar-refractivity contribution in [3.05, 3.63) is 0 Å². The molecule has 1 atom stereocenters. The summed E-state index contributed by atoms with van der Waals surface area (Å²) in [5.74, 6) is 2.52. The molecular formula is C19H42NO2PS2. The second kappa shape index (κ2) is 18.4. The standard InChI is InChI=1S/C19H42NO2PS2/c1-7-8-9-13-16-24-25-17-14-11-10-12-15-22-23(21-6)20(18(2)3)19(4)5/h18-19H,7-17H2,1-6H3/i1D. The van der Waals surface area contributed by atoms with E-state index in [4.69, 9.17) is 10.4 Å². The van der Waals surface area contributed by atoms with Crippen molar-refractivity contribution in [2.75, 3.05) is 25.2 Å². The van der Waals surface area contributed by atoms with Crippen LogP contribution in [0.3, 0.4) is 0 Å². The zero-order valence-electron chi connectivity index (χ0n) is 18.2. The average Bonchev–Trinajstić information content (AvgIpc) is 2.60. The van der Waals surface area contributed by atoms with Gasteiger partial charge in [0.05, 0.1) is 6.61 Å². The van der Waals surface area contributed by atoms with Gasteiger partial charge in [-0.25, -0.2) is 4.67 Å². The molecule has 0 N–H and O–H groups in total. The molecule has 0 heterocycles. The van der Waals surface area contributed by atoms with Crippen molar-refractivity contribution in [2.24, 2.45) is 0 Å². The predicted octanol–water partition coefficient (Wildman–Crippen LogP) is 7.52. The summed E-state index contributed by atoms with van der Waals surface area (Å²) in [5, 5.41) is 0. The van der Waals surface area contributed by atoms with Crippen molar-refractivity contribution < 1.29 is 10.4 Å². The Morgan fingerprint density at radius 1 is 0.880 bits per heavy atom. The molecule has 0 aromatic heterocycles. The second-order valence-corrected chi connectivity index (χ2v) is 11.1. The summed E-state index contributed by atoms with van der Waals surface area (Å²) in [6, 6.07) is 0.876. The lowest BCUT2D eigenvalue weighted by Crippen LogP contribution is -2.33. The van der Waals surface area contributed by atoms with Crippen LogP contribution in [-0.4, -0.2) is 42.0 Å². The van der Waals surface area contributed by atoms with Gasteiger partial charge in [0.1, 0.15) is 0 Å². The van der Waals surface area contributed by atoms with Crippen molar-refractivity contribution in [3.63, 3.8) is 0 Å². The molecule has 0 amide bonds. The highest BCUT2D eigenvalue weighted by atomic mass is 33.1. The van der Waals surface area contributed by atoms with E-state index >= 15 is 0 Å². The predicted molar refractivity (Wildman–Crippen MR) is 120 cm³/mol. The van der Waals surface area contributed by atoms with Crippen LogP contribution in [0, 0.1) is 0 Å². The Morgan fingerprint density at radius 3 is 1.96 bits per heavy atom. The van der Waals surface area contributed by atoms with Gasteiger partial charge in [-0.3, -0.25) is 0 Å². The SMILES string of the molecule is [2H]CCCCCCSSCCCCCCOP(OC)N(C(C)C)C(C)C. The van der Waals surface area contributed by atoms with E-state index in [1.54, 1.807) is 7.11 Å². The minimum absolute atomic E-state index is 0.438. The molecule has 0 radical (unpaired) electrons. The van der Waals surface area contributed by atoms with Crippen molar-refractivity contribution in [2.45, 2.75) is 98.0 Å². The van der Waals surface area contributed by atoms with E-state index in [1.807, 2.05) is 21.6 Å². The quantitative estimate of drug-likeness (QED) is 0.131. The summed E-state index contributed by atoms with van der Waals surface area (Å²) in [6.45, 7) is 10.2. The van der Waals surface area contributed by atoms with Crippen LogP contribution in [0.2, 0.25) is 0 Å². The van der Waals surface area contributed by atoms with Crippen molar-refractivity contribution in [1.29, 1.82) is 0 Å². The van der Waals surface area contributed by atoms with E-state index < -0.39 is 8.53 Å². The number of hydrogen-bond donors (Lipinski definition) is 0. The van der Waals surface area contributed by atoms with E-state index in [0.29, 0.717) is 19.0 Å². The summed E-state index contributed by atoms with van der Waals surface area (Å²) in [4.78, 5) is 0. The third-order valence-electron chi connectivity index (χ3n) is 3.79. The molecule has 152 valence electrons. The normalized spacial score (nSPS) is 13.8. The summed E-state index contributed by atoms with van der Waals surface area (Å²) in [6.07, 6.45) is 9.87. The Morgan fingerprint density at radius 2 is 1.44 bits per heavy atom. The molecule has 0 bridgehead atoms. The molecule has 0 saturated carbocycles. The monoisotopic (exact) mass is 412 g/mol. The summed E-state index contributed by atoms with van der Waals surface area (Å²) < 4.78 is 21.1. The molecule has 0 aromatic carbocycles. The second-order valence-electron chi connectivity index (χ2n) is 6.79. The van der Waals surface area contributed by atoms with Crippen LogP contribution in [0.25, 0.3) is 0 Å².